The van der Waals surface area contributed by atoms with Gasteiger partial charge in [-0.15, -0.1) is 45.3 Å². The first-order chi connectivity index (χ1) is 52.7. The van der Waals surface area contributed by atoms with Crippen LogP contribution in [0.3, 0.4) is 0 Å². The lowest BCUT2D eigenvalue weighted by atomic mass is 9.65. The van der Waals surface area contributed by atoms with Gasteiger partial charge in [-0.2, -0.15) is 0 Å². The third-order valence-corrected chi connectivity index (χ3v) is 27.7. The molecule has 4 aliphatic rings. The van der Waals surface area contributed by atoms with Gasteiger partial charge in [0.05, 0.1) is 45.5 Å². The fourth-order valence-electron chi connectivity index (χ4n) is 17.5. The molecule has 0 saturated carbocycles. The number of Topliss-reactive ketones (excluding diaryl/α,β-unsaturated/α-hetero) is 2. The first-order valence-electron chi connectivity index (χ1n) is 38.2. The Balaban J connectivity index is 1.00. The van der Waals surface area contributed by atoms with Crippen LogP contribution in [0.25, 0.3) is 66.6 Å². The highest BCUT2D eigenvalue weighted by atomic mass is 32.1. The van der Waals surface area contributed by atoms with Gasteiger partial charge in [0.2, 0.25) is 0 Å². The lowest BCUT2D eigenvalue weighted by molar-refractivity contribution is 0.0957. The number of aryl methyl sites for hydroxylation is 4. The van der Waals surface area contributed by atoms with Crippen molar-refractivity contribution >= 4 is 92.9 Å². The average Bonchev–Trinajstić information content (AvgIpc) is 1.49. The molecule has 11 aromatic rings. The normalized spacial score (nSPS) is 16.1. The summed E-state index contributed by atoms with van der Waals surface area (Å²) in [5.41, 5.74) is 13.4. The minimum atomic E-state index is -1.20. The Bertz CT molecular complexity index is 5550. The molecule has 4 aliphatic carbocycles. The number of nitriles is 2. The van der Waals surface area contributed by atoms with Gasteiger partial charge in [-0.1, -0.05) is 202 Å². The monoisotopic (exact) mass is 1500 g/mol. The largest absolute Gasteiger partial charge is 0.294 e. The molecule has 0 aliphatic heterocycles. The van der Waals surface area contributed by atoms with Crippen molar-refractivity contribution in [2.24, 2.45) is 5.92 Å². The molecule has 0 bridgehead atoms. The predicted octanol–water partition coefficient (Wildman–Crippen LogP) is 26.7. The summed E-state index contributed by atoms with van der Waals surface area (Å²) in [5.74, 6) is -6.83. The molecule has 15 rings (SSSR count). The maximum atomic E-state index is 15.2. The highest BCUT2D eigenvalue weighted by molar-refractivity contribution is 7.31. The van der Waals surface area contributed by atoms with Gasteiger partial charge in [0.15, 0.2) is 34.8 Å². The summed E-state index contributed by atoms with van der Waals surface area (Å²) < 4.78 is 64.7. The first kappa shape index (κ1) is 73.6. The predicted molar refractivity (Wildman–Crippen MR) is 434 cm³/mol. The van der Waals surface area contributed by atoms with Crippen molar-refractivity contribution in [1.82, 2.24) is 0 Å². The van der Waals surface area contributed by atoms with Crippen LogP contribution >= 0.6 is 45.3 Å². The topological polar surface area (TPSA) is 90.4 Å². The zero-order valence-electron chi connectivity index (χ0n) is 61.1. The van der Waals surface area contributed by atoms with Gasteiger partial charge in [-0.05, 0) is 196 Å². The number of allylic oxidation sites excluding steroid dienone is 5. The number of thiophene rings is 4. The summed E-state index contributed by atoms with van der Waals surface area (Å²) in [6.07, 6.45) is 23.6. The van der Waals surface area contributed by atoms with E-state index in [4.69, 9.17) is 13.1 Å². The molecule has 0 saturated heterocycles. The number of hydrogen-bond donors (Lipinski definition) is 0. The van der Waals surface area contributed by atoms with Gasteiger partial charge < -0.3 is 0 Å². The average molecular weight is 1500 g/mol. The summed E-state index contributed by atoms with van der Waals surface area (Å²) >= 11 is 6.54. The summed E-state index contributed by atoms with van der Waals surface area (Å²) in [6, 6.07) is 54.0. The van der Waals surface area contributed by atoms with Crippen molar-refractivity contribution in [3.8, 4) is 33.0 Å². The molecule has 540 valence electrons. The zero-order chi connectivity index (χ0) is 75.1. The summed E-state index contributed by atoms with van der Waals surface area (Å²) in [5, 5.41) is 20.8. The van der Waals surface area contributed by atoms with Crippen molar-refractivity contribution in [3.05, 3.63) is 307 Å². The van der Waals surface area contributed by atoms with Gasteiger partial charge in [-0.25, -0.2) is 37.8 Å². The molecule has 7 aromatic carbocycles. The van der Waals surface area contributed by atoms with E-state index in [1.807, 2.05) is 12.1 Å². The second-order valence-electron chi connectivity index (χ2n) is 29.4. The van der Waals surface area contributed by atoms with E-state index in [0.717, 1.165) is 216 Å². The third kappa shape index (κ3) is 12.7. The van der Waals surface area contributed by atoms with E-state index >= 15 is 17.6 Å². The Morgan fingerprint density at radius 2 is 0.843 bits per heavy atom. The Morgan fingerprint density at radius 3 is 1.25 bits per heavy atom. The van der Waals surface area contributed by atoms with E-state index in [9.17, 15) is 20.1 Å². The molecular weight excluding hydrogens is 1420 g/mol. The van der Waals surface area contributed by atoms with Crippen molar-refractivity contribution < 1.29 is 27.2 Å². The molecule has 0 amide bonds. The standard InChI is InChI=1S/C94H80F4N4O2S4/c1-7-11-15-19-23-55-27-35-59(36-28-55)93(60-37-29-56(30-38-60)24-20-16-12-8-2)73-47-70-74(48-69(73)89-85(93)91-81(107-89)45-63(105-91)43-71-83(79(53-99)101-5)65-49-75(95)77(97)51-67(65)87(71)103)94(61-39-31-57(32-40-61)25-21-17-13-9-3,62-41-33-58(34-42-62)26-22-18-14-10-4)86-90(70)108-82-46-64(106-92(82)86)44-72-84(80(54-100)102-6)66-50-76(96)78(98)52-68(66)88(72)104/h27-43,45-52,72H,7-26,44H2,1-4H3/b71-43-,83-79-,84-80+. The Morgan fingerprint density at radius 1 is 0.454 bits per heavy atom. The molecule has 1 atom stereocenters. The van der Waals surface area contributed by atoms with Crippen LogP contribution in [-0.2, 0) is 42.9 Å². The fourth-order valence-corrected chi connectivity index (χ4v) is 23.1. The number of unbranched alkanes of at least 4 members (excludes halogenated alkanes) is 12. The van der Waals surface area contributed by atoms with Gasteiger partial charge in [0.25, 0.3) is 11.4 Å². The lowest BCUT2D eigenvalue weighted by Crippen LogP contribution is -2.30. The van der Waals surface area contributed by atoms with Crippen LogP contribution in [0, 0.1) is 65.0 Å². The molecule has 108 heavy (non-hydrogen) atoms. The molecule has 1 unspecified atom stereocenters. The van der Waals surface area contributed by atoms with Gasteiger partial charge >= 0.3 is 0 Å². The Hall–Kier alpha value is -9.90. The quantitative estimate of drug-likeness (QED) is 0.0169. The van der Waals surface area contributed by atoms with Crippen LogP contribution in [0.5, 0.6) is 0 Å². The fraction of sp³-hybridized carbons (Fsp3) is 0.298. The number of ketones is 2. The van der Waals surface area contributed by atoms with Crippen LogP contribution < -0.4 is 0 Å². The maximum absolute atomic E-state index is 15.2. The maximum Gasteiger partial charge on any atom is 0.270 e. The summed E-state index contributed by atoms with van der Waals surface area (Å²) in [4.78, 5) is 40.1. The van der Waals surface area contributed by atoms with E-state index < -0.39 is 57.3 Å². The molecule has 0 fully saturated rings. The molecule has 0 N–H and O–H groups in total. The Kier molecular flexibility index (Phi) is 21.1. The lowest BCUT2D eigenvalue weighted by Gasteiger charge is -2.36. The molecule has 4 aromatic heterocycles. The number of halogens is 4. The van der Waals surface area contributed by atoms with Crippen LogP contribution in [0.4, 0.5) is 17.6 Å². The van der Waals surface area contributed by atoms with Gasteiger partial charge in [-0.3, -0.25) is 9.59 Å². The highest BCUT2D eigenvalue weighted by Gasteiger charge is 2.55. The van der Waals surface area contributed by atoms with Crippen molar-refractivity contribution in [3.63, 3.8) is 0 Å². The first-order valence-corrected chi connectivity index (χ1v) is 41.5. The molecule has 4 heterocycles. The minimum Gasteiger partial charge on any atom is -0.294 e. The number of fused-ring (bicyclic) bond motifs is 12. The second kappa shape index (κ2) is 31.0. The third-order valence-electron chi connectivity index (χ3n) is 22.8. The number of benzene rings is 7. The van der Waals surface area contributed by atoms with Crippen molar-refractivity contribution in [1.29, 1.82) is 10.5 Å². The van der Waals surface area contributed by atoms with Crippen LogP contribution in [0.2, 0.25) is 0 Å². The van der Waals surface area contributed by atoms with Gasteiger partial charge in [0, 0.05) is 68.2 Å². The van der Waals surface area contributed by atoms with E-state index in [1.54, 1.807) is 40.1 Å². The second-order valence-corrected chi connectivity index (χ2v) is 33.7. The Labute approximate surface area is 645 Å². The van der Waals surface area contributed by atoms with Gasteiger partial charge in [0.1, 0.15) is 0 Å². The number of hydrogen-bond acceptors (Lipinski definition) is 8. The molecule has 0 radical (unpaired) electrons. The number of rotatable bonds is 27. The smallest absolute Gasteiger partial charge is 0.270 e. The van der Waals surface area contributed by atoms with Crippen LogP contribution in [0.15, 0.2) is 163 Å². The van der Waals surface area contributed by atoms with E-state index in [2.05, 4.69) is 159 Å². The van der Waals surface area contributed by atoms with E-state index in [1.165, 1.54) is 59.3 Å². The minimum absolute atomic E-state index is 0.00707. The number of carbonyl (C=O) groups excluding carboxylic acids is 2. The SMILES string of the molecule is [C-]#[N+]/C(C#N)=C1\C(=C\c2cc3sc4c(c3s2)C(c2ccc(CCCCCC)cc2)(c2ccc(CCCCCC)cc2)c2cc3c(cc2-4)C(c2ccc(CCCCCC)cc2)(c2ccc(CCCCCC)cc2)c2c-3sc3cc(CC4C(=O)c5cc(F)c(F)cc5/C4=C(/C#N)[N+]#[C-])sc23)C(=O)c2cc(F)c(F)cc21. The number of nitrogens with zero attached hydrogens (tertiary/aromatic N) is 4. The van der Waals surface area contributed by atoms with Crippen LogP contribution in [0.1, 0.15) is 239 Å². The molecule has 14 heteroatoms. The number of carbonyl (C=O) groups is 2. The molecule has 0 spiro atoms. The highest BCUT2D eigenvalue weighted by Crippen LogP contribution is 2.68. The van der Waals surface area contributed by atoms with Crippen molar-refractivity contribution in [2.75, 3.05) is 0 Å². The van der Waals surface area contributed by atoms with Crippen LogP contribution in [-0.4, -0.2) is 11.6 Å². The summed E-state index contributed by atoms with van der Waals surface area (Å²) in [7, 11) is 0. The van der Waals surface area contributed by atoms with Crippen molar-refractivity contribution in [2.45, 2.75) is 173 Å². The molecule has 6 nitrogen and oxygen atoms in total. The molecular formula is C94H80F4N4O2S4. The zero-order valence-corrected chi connectivity index (χ0v) is 64.4. The van der Waals surface area contributed by atoms with E-state index in [-0.39, 0.29) is 51.1 Å². The van der Waals surface area contributed by atoms with E-state index in [0.29, 0.717) is 4.88 Å². The summed E-state index contributed by atoms with van der Waals surface area (Å²) in [6.45, 7) is 25.1.